The Kier molecular flexibility index (Phi) is 8.18. The summed E-state index contributed by atoms with van der Waals surface area (Å²) < 4.78 is 5.06. The molecule has 0 aliphatic rings. The fourth-order valence-corrected chi connectivity index (χ4v) is 1.54. The number of carbonyl (C=O) groups excluding carboxylic acids is 3. The predicted octanol–water partition coefficient (Wildman–Crippen LogP) is 1.48. The highest BCUT2D eigenvalue weighted by atomic mass is 16.6. The van der Waals surface area contributed by atoms with E-state index in [1.165, 1.54) is 6.92 Å². The highest BCUT2D eigenvalue weighted by molar-refractivity contribution is 5.87. The van der Waals surface area contributed by atoms with Crippen molar-refractivity contribution < 1.29 is 19.1 Å². The van der Waals surface area contributed by atoms with E-state index in [1.807, 2.05) is 0 Å². The maximum Gasteiger partial charge on any atom is 0.407 e. The molecule has 0 rings (SSSR count). The lowest BCUT2D eigenvalue weighted by Gasteiger charge is -2.19. The summed E-state index contributed by atoms with van der Waals surface area (Å²) in [4.78, 5) is 43.7. The number of nitrogens with zero attached hydrogens (tertiary/aromatic N) is 1. The first-order valence-corrected chi connectivity index (χ1v) is 6.77. The van der Waals surface area contributed by atoms with E-state index in [0.717, 1.165) is 0 Å². The van der Waals surface area contributed by atoms with Gasteiger partial charge in [0.05, 0.1) is 0 Å². The summed E-state index contributed by atoms with van der Waals surface area (Å²) in [6.07, 6.45) is 0.912. The van der Waals surface area contributed by atoms with Crippen LogP contribution in [0.5, 0.6) is 0 Å². The first kappa shape index (κ1) is 19.0. The molecule has 0 fully saturated rings. The minimum Gasteiger partial charge on any atom is -0.444 e. The molecule has 0 aromatic rings. The maximum absolute atomic E-state index is 11.4. The summed E-state index contributed by atoms with van der Waals surface area (Å²) in [5, 5.41) is 7.26. The number of alkyl carbamates (subject to hydrolysis) is 1. The summed E-state index contributed by atoms with van der Waals surface area (Å²) in [5.41, 5.74) is -0.553. The van der Waals surface area contributed by atoms with Gasteiger partial charge in [-0.25, -0.2) is 4.79 Å². The quantitative estimate of drug-likeness (QED) is 0.546. The van der Waals surface area contributed by atoms with Crippen molar-refractivity contribution in [3.05, 3.63) is 4.91 Å². The molecule has 0 aromatic heterocycles. The van der Waals surface area contributed by atoms with E-state index in [0.29, 0.717) is 25.8 Å². The lowest BCUT2D eigenvalue weighted by molar-refractivity contribution is -0.126. The zero-order chi connectivity index (χ0) is 16.5. The summed E-state index contributed by atoms with van der Waals surface area (Å²) in [6.45, 7) is 6.94. The Bertz CT molecular complexity index is 390. The first-order chi connectivity index (χ1) is 9.65. The number of nitroso groups, excluding NO2 is 1. The van der Waals surface area contributed by atoms with Gasteiger partial charge in [0.15, 0.2) is 0 Å². The van der Waals surface area contributed by atoms with Crippen LogP contribution in [0.3, 0.4) is 0 Å². The van der Waals surface area contributed by atoms with Gasteiger partial charge >= 0.3 is 12.0 Å². The van der Waals surface area contributed by atoms with Crippen molar-refractivity contribution in [1.82, 2.24) is 10.6 Å². The van der Waals surface area contributed by atoms with Crippen LogP contribution in [-0.2, 0) is 14.3 Å². The topological polar surface area (TPSA) is 114 Å². The molecule has 2 N–H and O–H groups in total. The molecule has 0 unspecified atom stereocenters. The summed E-state index contributed by atoms with van der Waals surface area (Å²) in [7, 11) is 0. The third-order valence-corrected chi connectivity index (χ3v) is 2.35. The van der Waals surface area contributed by atoms with E-state index >= 15 is 0 Å². The molecule has 0 aliphatic heterocycles. The standard InChI is InChI=1S/C13H23N3O5/c1-9(17)15-10(11(18)16-20)7-5-6-8-14-12(19)21-13(2,3)4/h10H,5-8H2,1-4H3,(H,14,19)(H,15,17)/t10-/m0/s1. The van der Waals surface area contributed by atoms with Gasteiger partial charge in [-0.15, -0.1) is 4.91 Å². The molecule has 0 saturated heterocycles. The molecule has 3 amide bonds. The lowest BCUT2D eigenvalue weighted by atomic mass is 10.1. The molecule has 8 heteroatoms. The Labute approximate surface area is 124 Å². The van der Waals surface area contributed by atoms with Gasteiger partial charge in [-0.2, -0.15) is 0 Å². The second-order valence-corrected chi connectivity index (χ2v) is 5.61. The van der Waals surface area contributed by atoms with E-state index in [9.17, 15) is 19.3 Å². The third-order valence-electron chi connectivity index (χ3n) is 2.35. The number of hydrogen-bond acceptors (Lipinski definition) is 5. The molecular weight excluding hydrogens is 278 g/mol. The fourth-order valence-electron chi connectivity index (χ4n) is 1.54. The number of carbonyl (C=O) groups is 3. The summed E-state index contributed by atoms with van der Waals surface area (Å²) in [5.74, 6) is -1.30. The van der Waals surface area contributed by atoms with Crippen LogP contribution < -0.4 is 10.6 Å². The van der Waals surface area contributed by atoms with E-state index in [2.05, 4.69) is 15.8 Å². The number of ether oxygens (including phenoxy) is 1. The zero-order valence-electron chi connectivity index (χ0n) is 12.9. The lowest BCUT2D eigenvalue weighted by Crippen LogP contribution is -2.39. The van der Waals surface area contributed by atoms with Gasteiger partial charge in [-0.3, -0.25) is 9.59 Å². The van der Waals surface area contributed by atoms with E-state index in [4.69, 9.17) is 4.74 Å². The minimum absolute atomic E-state index is 0.292. The summed E-state index contributed by atoms with van der Waals surface area (Å²) in [6, 6.07) is -0.901. The van der Waals surface area contributed by atoms with Crippen molar-refractivity contribution in [2.75, 3.05) is 6.54 Å². The van der Waals surface area contributed by atoms with E-state index in [-0.39, 0.29) is 0 Å². The average Bonchev–Trinajstić information content (AvgIpc) is 2.33. The van der Waals surface area contributed by atoms with Crippen molar-refractivity contribution in [3.8, 4) is 0 Å². The normalized spacial score (nSPS) is 12.2. The molecule has 8 nitrogen and oxygen atoms in total. The van der Waals surface area contributed by atoms with Crippen LogP contribution in [0.1, 0.15) is 47.0 Å². The van der Waals surface area contributed by atoms with Crippen LogP contribution in [0, 0.1) is 4.91 Å². The van der Waals surface area contributed by atoms with Crippen LogP contribution in [0.25, 0.3) is 0 Å². The van der Waals surface area contributed by atoms with Gasteiger partial charge in [0.1, 0.15) is 11.6 Å². The van der Waals surface area contributed by atoms with Crippen LogP contribution >= 0.6 is 0 Å². The molecular formula is C13H23N3O5. The van der Waals surface area contributed by atoms with Crippen LogP contribution in [0.15, 0.2) is 5.18 Å². The highest BCUT2D eigenvalue weighted by Gasteiger charge is 2.19. The summed E-state index contributed by atoms with van der Waals surface area (Å²) >= 11 is 0. The van der Waals surface area contributed by atoms with Crippen molar-refractivity contribution >= 4 is 17.9 Å². The van der Waals surface area contributed by atoms with Gasteiger partial charge in [0.2, 0.25) is 5.91 Å². The smallest absolute Gasteiger partial charge is 0.407 e. The van der Waals surface area contributed by atoms with Crippen molar-refractivity contribution in [3.63, 3.8) is 0 Å². The third kappa shape index (κ3) is 10.5. The molecule has 0 aromatic carbocycles. The van der Waals surface area contributed by atoms with Crippen LogP contribution in [-0.4, -0.2) is 36.1 Å². The number of amides is 3. The van der Waals surface area contributed by atoms with E-state index < -0.39 is 29.6 Å². The second kappa shape index (κ2) is 9.04. The Morgan fingerprint density at radius 2 is 1.81 bits per heavy atom. The molecule has 21 heavy (non-hydrogen) atoms. The SMILES string of the molecule is CC(=O)N[C@@H](CCCCNC(=O)OC(C)(C)C)C(=O)N=O. The fraction of sp³-hybridized carbons (Fsp3) is 0.769. The molecule has 0 aliphatic carbocycles. The Morgan fingerprint density at radius 3 is 2.29 bits per heavy atom. The molecule has 0 bridgehead atoms. The Morgan fingerprint density at radius 1 is 1.19 bits per heavy atom. The van der Waals surface area contributed by atoms with Crippen molar-refractivity contribution in [1.29, 1.82) is 0 Å². The molecule has 0 spiro atoms. The van der Waals surface area contributed by atoms with Crippen molar-refractivity contribution in [2.24, 2.45) is 5.18 Å². The molecule has 0 saturated carbocycles. The number of nitrogens with one attached hydrogen (secondary N) is 2. The van der Waals surface area contributed by atoms with Crippen molar-refractivity contribution in [2.45, 2.75) is 58.6 Å². The number of hydrogen-bond donors (Lipinski definition) is 2. The minimum atomic E-state index is -0.901. The zero-order valence-corrected chi connectivity index (χ0v) is 12.9. The second-order valence-electron chi connectivity index (χ2n) is 5.61. The predicted molar refractivity (Wildman–Crippen MR) is 76.5 cm³/mol. The number of rotatable bonds is 7. The van der Waals surface area contributed by atoms with E-state index in [1.54, 1.807) is 20.8 Å². The number of unbranched alkanes of at least 4 members (excludes halogenated alkanes) is 1. The van der Waals surface area contributed by atoms with Gasteiger partial charge in [0, 0.05) is 18.6 Å². The largest absolute Gasteiger partial charge is 0.444 e. The van der Waals surface area contributed by atoms with Gasteiger partial charge < -0.3 is 15.4 Å². The van der Waals surface area contributed by atoms with Gasteiger partial charge in [0.25, 0.3) is 0 Å². The molecule has 1 atom stereocenters. The van der Waals surface area contributed by atoms with Crippen LogP contribution in [0.2, 0.25) is 0 Å². The Balaban J connectivity index is 3.95. The first-order valence-electron chi connectivity index (χ1n) is 6.77. The molecule has 0 radical (unpaired) electrons. The average molecular weight is 301 g/mol. The molecule has 120 valence electrons. The maximum atomic E-state index is 11.4. The Hall–Kier alpha value is -1.99. The monoisotopic (exact) mass is 301 g/mol. The van der Waals surface area contributed by atoms with Gasteiger partial charge in [-0.05, 0) is 40.0 Å². The van der Waals surface area contributed by atoms with Gasteiger partial charge in [-0.1, -0.05) is 0 Å². The highest BCUT2D eigenvalue weighted by Crippen LogP contribution is 2.07. The van der Waals surface area contributed by atoms with Crippen LogP contribution in [0.4, 0.5) is 4.79 Å². The molecule has 0 heterocycles.